The number of benzene rings is 1. The summed E-state index contributed by atoms with van der Waals surface area (Å²) in [6.07, 6.45) is -2.64. The van der Waals surface area contributed by atoms with E-state index in [-0.39, 0.29) is 11.8 Å². The normalized spacial score (nSPS) is 20.8. The first-order chi connectivity index (χ1) is 12.9. The maximum Gasteiger partial charge on any atom is 0.416 e. The average molecular weight is 383 g/mol. The Balaban J connectivity index is 1.45. The first-order valence-corrected chi connectivity index (χ1v) is 9.76. The lowest BCUT2D eigenvalue weighted by Crippen LogP contribution is -2.51. The molecule has 0 aromatic heterocycles. The number of nitrogens with zero attached hydrogens (tertiary/aromatic N) is 3. The molecule has 1 aromatic rings. The minimum Gasteiger partial charge on any atom is -0.340 e. The fourth-order valence-corrected chi connectivity index (χ4v) is 3.94. The number of carbonyl (C=O) groups is 1. The van der Waals surface area contributed by atoms with Gasteiger partial charge in [-0.25, -0.2) is 0 Å². The Morgan fingerprint density at radius 1 is 0.963 bits per heavy atom. The molecule has 0 N–H and O–H groups in total. The zero-order valence-corrected chi connectivity index (χ0v) is 15.8. The summed E-state index contributed by atoms with van der Waals surface area (Å²) in [5, 5.41) is 0. The third-order valence-electron chi connectivity index (χ3n) is 5.76. The van der Waals surface area contributed by atoms with Crippen molar-refractivity contribution >= 4 is 5.91 Å². The third-order valence-corrected chi connectivity index (χ3v) is 5.76. The Morgan fingerprint density at radius 3 is 2.07 bits per heavy atom. The molecule has 0 aliphatic carbocycles. The van der Waals surface area contributed by atoms with Gasteiger partial charge in [0, 0.05) is 38.6 Å². The Morgan fingerprint density at radius 2 is 1.56 bits per heavy atom. The second kappa shape index (κ2) is 8.61. The Labute approximate surface area is 158 Å². The van der Waals surface area contributed by atoms with Gasteiger partial charge < -0.3 is 9.80 Å². The van der Waals surface area contributed by atoms with Gasteiger partial charge in [-0.3, -0.25) is 9.69 Å². The largest absolute Gasteiger partial charge is 0.416 e. The number of carbonyl (C=O) groups excluding carboxylic acids is 1. The van der Waals surface area contributed by atoms with Gasteiger partial charge in [-0.05, 0) is 50.2 Å². The predicted molar refractivity (Wildman–Crippen MR) is 98.1 cm³/mol. The van der Waals surface area contributed by atoms with Crippen LogP contribution in [-0.2, 0) is 17.5 Å². The number of piperazine rings is 1. The molecule has 0 atom stereocenters. The molecule has 3 rings (SSSR count). The van der Waals surface area contributed by atoms with Gasteiger partial charge in [-0.1, -0.05) is 19.1 Å². The molecule has 0 saturated carbocycles. The number of amides is 1. The number of likely N-dealkylation sites (tertiary alicyclic amines) is 1. The Hall–Kier alpha value is -1.60. The van der Waals surface area contributed by atoms with Crippen molar-refractivity contribution in [2.75, 3.05) is 45.8 Å². The van der Waals surface area contributed by atoms with Gasteiger partial charge in [0.25, 0.3) is 0 Å². The van der Waals surface area contributed by atoms with Crippen molar-refractivity contribution in [3.63, 3.8) is 0 Å². The highest BCUT2D eigenvalue weighted by atomic mass is 19.4. The summed E-state index contributed by atoms with van der Waals surface area (Å²) in [7, 11) is 0. The van der Waals surface area contributed by atoms with E-state index >= 15 is 0 Å². The maximum atomic E-state index is 12.7. The van der Waals surface area contributed by atoms with Gasteiger partial charge in [0.15, 0.2) is 0 Å². The van der Waals surface area contributed by atoms with Gasteiger partial charge in [0.2, 0.25) is 5.91 Å². The highest BCUT2D eigenvalue weighted by Crippen LogP contribution is 2.29. The third kappa shape index (κ3) is 5.23. The summed E-state index contributed by atoms with van der Waals surface area (Å²) in [5.41, 5.74) is 0.266. The molecule has 27 heavy (non-hydrogen) atoms. The minimum absolute atomic E-state index is 0.0852. The lowest BCUT2D eigenvalue weighted by Gasteiger charge is -2.38. The van der Waals surface area contributed by atoms with Crippen LogP contribution in [0.25, 0.3) is 0 Å². The molecule has 4 nitrogen and oxygen atoms in total. The summed E-state index contributed by atoms with van der Waals surface area (Å²) in [6, 6.07) is 5.38. The molecule has 2 aliphatic heterocycles. The SMILES string of the molecule is CCN1CCN(C(=O)C2CCN(Cc3ccc(C(F)(F)F)cc3)CC2)CC1. The molecule has 1 amide bonds. The van der Waals surface area contributed by atoms with E-state index in [4.69, 9.17) is 0 Å². The zero-order chi connectivity index (χ0) is 19.4. The van der Waals surface area contributed by atoms with E-state index in [0.717, 1.165) is 76.4 Å². The summed E-state index contributed by atoms with van der Waals surface area (Å²) in [4.78, 5) is 19.3. The van der Waals surface area contributed by atoms with Gasteiger partial charge >= 0.3 is 6.18 Å². The number of piperidine rings is 1. The molecule has 7 heteroatoms. The minimum atomic E-state index is -4.29. The van der Waals surface area contributed by atoms with Crippen LogP contribution < -0.4 is 0 Å². The van der Waals surface area contributed by atoms with Crippen molar-refractivity contribution in [1.82, 2.24) is 14.7 Å². The van der Waals surface area contributed by atoms with Gasteiger partial charge in [-0.2, -0.15) is 13.2 Å². The molecule has 1 aromatic carbocycles. The molecule has 2 fully saturated rings. The number of likely N-dealkylation sites (N-methyl/N-ethyl adjacent to an activating group) is 1. The molecular formula is C20H28F3N3O. The number of rotatable bonds is 4. The topological polar surface area (TPSA) is 26.8 Å². The molecule has 0 radical (unpaired) electrons. The highest BCUT2D eigenvalue weighted by Gasteiger charge is 2.31. The molecule has 0 bridgehead atoms. The van der Waals surface area contributed by atoms with Gasteiger partial charge in [0.1, 0.15) is 0 Å². The fourth-order valence-electron chi connectivity index (χ4n) is 3.94. The summed E-state index contributed by atoms with van der Waals surface area (Å²) in [5.74, 6) is 0.363. The lowest BCUT2D eigenvalue weighted by atomic mass is 9.94. The van der Waals surface area contributed by atoms with E-state index in [2.05, 4.69) is 16.7 Å². The van der Waals surface area contributed by atoms with E-state index in [9.17, 15) is 18.0 Å². The first kappa shape index (κ1) is 20.1. The zero-order valence-electron chi connectivity index (χ0n) is 15.8. The fraction of sp³-hybridized carbons (Fsp3) is 0.650. The van der Waals surface area contributed by atoms with Crippen LogP contribution in [0.4, 0.5) is 13.2 Å². The van der Waals surface area contributed by atoms with E-state index in [1.54, 1.807) is 12.1 Å². The van der Waals surface area contributed by atoms with Crippen LogP contribution in [0.1, 0.15) is 30.9 Å². The van der Waals surface area contributed by atoms with Crippen molar-refractivity contribution < 1.29 is 18.0 Å². The molecule has 2 saturated heterocycles. The van der Waals surface area contributed by atoms with Crippen LogP contribution in [0.15, 0.2) is 24.3 Å². The van der Waals surface area contributed by atoms with Crippen LogP contribution in [0.3, 0.4) is 0 Å². The van der Waals surface area contributed by atoms with Gasteiger partial charge in [-0.15, -0.1) is 0 Å². The smallest absolute Gasteiger partial charge is 0.340 e. The predicted octanol–water partition coefficient (Wildman–Crippen LogP) is 3.08. The van der Waals surface area contributed by atoms with Crippen LogP contribution >= 0.6 is 0 Å². The molecular weight excluding hydrogens is 355 g/mol. The van der Waals surface area contributed by atoms with E-state index in [1.807, 2.05) is 4.90 Å². The monoisotopic (exact) mass is 383 g/mol. The lowest BCUT2D eigenvalue weighted by molar-refractivity contribution is -0.139. The van der Waals surface area contributed by atoms with Crippen LogP contribution in [0.5, 0.6) is 0 Å². The van der Waals surface area contributed by atoms with Crippen molar-refractivity contribution in [3.05, 3.63) is 35.4 Å². The maximum absolute atomic E-state index is 12.7. The van der Waals surface area contributed by atoms with E-state index in [0.29, 0.717) is 6.54 Å². The number of hydrogen-bond acceptors (Lipinski definition) is 3. The van der Waals surface area contributed by atoms with Crippen molar-refractivity contribution in [2.24, 2.45) is 5.92 Å². The quantitative estimate of drug-likeness (QED) is 0.800. The Kier molecular flexibility index (Phi) is 6.42. The van der Waals surface area contributed by atoms with E-state index < -0.39 is 11.7 Å². The standard InChI is InChI=1S/C20H28F3N3O/c1-2-24-11-13-26(14-12-24)19(27)17-7-9-25(10-8-17)15-16-3-5-18(6-4-16)20(21,22)23/h3-6,17H,2,7-15H2,1H3. The number of hydrogen-bond donors (Lipinski definition) is 0. The first-order valence-electron chi connectivity index (χ1n) is 9.76. The second-order valence-electron chi connectivity index (χ2n) is 7.50. The molecule has 150 valence electrons. The van der Waals surface area contributed by atoms with Crippen LogP contribution in [0, 0.1) is 5.92 Å². The molecule has 0 spiro atoms. The van der Waals surface area contributed by atoms with E-state index in [1.165, 1.54) is 0 Å². The summed E-state index contributed by atoms with van der Waals surface area (Å²) >= 11 is 0. The number of halogens is 3. The average Bonchev–Trinajstić information content (AvgIpc) is 2.68. The molecule has 0 unspecified atom stereocenters. The summed E-state index contributed by atoms with van der Waals surface area (Å²) in [6.45, 7) is 8.97. The molecule has 2 aliphatic rings. The highest BCUT2D eigenvalue weighted by molar-refractivity contribution is 5.79. The van der Waals surface area contributed by atoms with Crippen molar-refractivity contribution in [1.29, 1.82) is 0 Å². The van der Waals surface area contributed by atoms with Crippen LogP contribution in [-0.4, -0.2) is 66.4 Å². The summed E-state index contributed by atoms with van der Waals surface area (Å²) < 4.78 is 37.9. The second-order valence-corrected chi connectivity index (χ2v) is 7.50. The van der Waals surface area contributed by atoms with Crippen molar-refractivity contribution in [3.8, 4) is 0 Å². The van der Waals surface area contributed by atoms with Crippen molar-refractivity contribution in [2.45, 2.75) is 32.5 Å². The Bertz CT molecular complexity index is 616. The van der Waals surface area contributed by atoms with Crippen LogP contribution in [0.2, 0.25) is 0 Å². The molecule has 2 heterocycles. The number of alkyl halides is 3. The van der Waals surface area contributed by atoms with Gasteiger partial charge in [0.05, 0.1) is 5.56 Å².